The minimum absolute atomic E-state index is 0.185. The molecule has 0 amide bonds. The van der Waals surface area contributed by atoms with Crippen molar-refractivity contribution >= 4 is 35.0 Å². The fraction of sp³-hybridized carbons (Fsp3) is 0.143. The number of halogens is 2. The minimum Gasteiger partial charge on any atom is -0.320 e. The Kier molecular flexibility index (Phi) is 4.57. The maximum absolute atomic E-state index is 6.22. The topological polar surface area (TPSA) is 26.0 Å². The largest absolute Gasteiger partial charge is 0.320 e. The van der Waals surface area contributed by atoms with Crippen molar-refractivity contribution in [3.8, 4) is 0 Å². The van der Waals surface area contributed by atoms with E-state index >= 15 is 0 Å². The monoisotopic (exact) mass is 297 g/mol. The highest BCUT2D eigenvalue weighted by atomic mass is 35.5. The SMILES string of the molecule is CSc1ccc(C(N)c2ccc(Cl)c(Cl)c2)cc1. The second-order valence-electron chi connectivity index (χ2n) is 3.92. The smallest absolute Gasteiger partial charge is 0.0595 e. The Morgan fingerprint density at radius 1 is 0.944 bits per heavy atom. The van der Waals surface area contributed by atoms with Crippen molar-refractivity contribution in [1.29, 1.82) is 0 Å². The molecule has 1 nitrogen and oxygen atoms in total. The summed E-state index contributed by atoms with van der Waals surface area (Å²) in [5, 5.41) is 1.08. The van der Waals surface area contributed by atoms with E-state index in [-0.39, 0.29) is 6.04 Å². The van der Waals surface area contributed by atoms with Crippen LogP contribution in [-0.2, 0) is 0 Å². The molecule has 0 aliphatic rings. The first-order valence-electron chi connectivity index (χ1n) is 5.46. The van der Waals surface area contributed by atoms with Crippen LogP contribution in [0.5, 0.6) is 0 Å². The molecule has 2 aromatic carbocycles. The highest BCUT2D eigenvalue weighted by Crippen LogP contribution is 2.28. The normalized spacial score (nSPS) is 12.4. The van der Waals surface area contributed by atoms with Crippen LogP contribution in [0.2, 0.25) is 10.0 Å². The molecule has 0 heterocycles. The molecular weight excluding hydrogens is 285 g/mol. The zero-order chi connectivity index (χ0) is 13.1. The van der Waals surface area contributed by atoms with E-state index in [4.69, 9.17) is 28.9 Å². The Balaban J connectivity index is 2.28. The van der Waals surface area contributed by atoms with E-state index < -0.39 is 0 Å². The summed E-state index contributed by atoms with van der Waals surface area (Å²) in [4.78, 5) is 1.22. The van der Waals surface area contributed by atoms with E-state index in [1.807, 2.05) is 30.5 Å². The molecule has 2 aromatic rings. The lowest BCUT2D eigenvalue weighted by Gasteiger charge is -2.13. The van der Waals surface area contributed by atoms with Crippen LogP contribution in [0.25, 0.3) is 0 Å². The molecule has 0 aliphatic heterocycles. The summed E-state index contributed by atoms with van der Waals surface area (Å²) >= 11 is 13.6. The van der Waals surface area contributed by atoms with E-state index in [0.717, 1.165) is 11.1 Å². The Labute approximate surface area is 121 Å². The molecule has 2 rings (SSSR count). The first-order chi connectivity index (χ1) is 8.61. The lowest BCUT2D eigenvalue weighted by Crippen LogP contribution is -2.11. The molecule has 4 heteroatoms. The molecule has 1 atom stereocenters. The number of nitrogens with two attached hydrogens (primary N) is 1. The van der Waals surface area contributed by atoms with Crippen LogP contribution < -0.4 is 5.73 Å². The first kappa shape index (κ1) is 13.8. The predicted molar refractivity (Wildman–Crippen MR) is 80.7 cm³/mol. The number of benzene rings is 2. The van der Waals surface area contributed by atoms with Gasteiger partial charge in [-0.25, -0.2) is 0 Å². The summed E-state index contributed by atoms with van der Waals surface area (Å²) in [7, 11) is 0. The Bertz CT molecular complexity index is 540. The maximum atomic E-state index is 6.22. The fourth-order valence-electron chi connectivity index (χ4n) is 1.71. The molecule has 0 bridgehead atoms. The molecule has 0 saturated carbocycles. The van der Waals surface area contributed by atoms with Crippen LogP contribution in [0.1, 0.15) is 17.2 Å². The molecule has 1 unspecified atom stereocenters. The molecule has 0 aliphatic carbocycles. The van der Waals surface area contributed by atoms with Crippen molar-refractivity contribution in [1.82, 2.24) is 0 Å². The van der Waals surface area contributed by atoms with Gasteiger partial charge in [0.25, 0.3) is 0 Å². The van der Waals surface area contributed by atoms with Crippen molar-refractivity contribution in [2.75, 3.05) is 6.26 Å². The van der Waals surface area contributed by atoms with Gasteiger partial charge in [-0.15, -0.1) is 11.8 Å². The van der Waals surface area contributed by atoms with Crippen molar-refractivity contribution in [2.24, 2.45) is 5.73 Å². The summed E-state index contributed by atoms with van der Waals surface area (Å²) in [5.74, 6) is 0. The van der Waals surface area contributed by atoms with Gasteiger partial charge in [0.2, 0.25) is 0 Å². The summed E-state index contributed by atoms with van der Waals surface area (Å²) in [6.07, 6.45) is 2.05. The Hall–Kier alpha value is -0.670. The molecule has 0 radical (unpaired) electrons. The highest BCUT2D eigenvalue weighted by Gasteiger charge is 2.10. The zero-order valence-corrected chi connectivity index (χ0v) is 12.2. The third-order valence-corrected chi connectivity index (χ3v) is 4.26. The standard InChI is InChI=1S/C14H13Cl2NS/c1-18-11-5-2-9(3-6-11)14(17)10-4-7-12(15)13(16)8-10/h2-8,14H,17H2,1H3. The Morgan fingerprint density at radius 2 is 1.56 bits per heavy atom. The molecule has 0 aromatic heterocycles. The van der Waals surface area contributed by atoms with E-state index in [2.05, 4.69) is 12.1 Å². The molecule has 2 N–H and O–H groups in total. The number of hydrogen-bond acceptors (Lipinski definition) is 2. The zero-order valence-electron chi connectivity index (χ0n) is 9.86. The Morgan fingerprint density at radius 3 is 2.11 bits per heavy atom. The van der Waals surface area contributed by atoms with Gasteiger partial charge in [0.1, 0.15) is 0 Å². The highest BCUT2D eigenvalue weighted by molar-refractivity contribution is 7.98. The van der Waals surface area contributed by atoms with Crippen LogP contribution in [-0.4, -0.2) is 6.26 Å². The lowest BCUT2D eigenvalue weighted by molar-refractivity contribution is 0.870. The van der Waals surface area contributed by atoms with E-state index in [9.17, 15) is 0 Å². The second-order valence-corrected chi connectivity index (χ2v) is 5.62. The third kappa shape index (κ3) is 3.01. The first-order valence-corrected chi connectivity index (χ1v) is 7.44. The van der Waals surface area contributed by atoms with E-state index in [1.54, 1.807) is 17.8 Å². The van der Waals surface area contributed by atoms with Gasteiger partial charge >= 0.3 is 0 Å². The van der Waals surface area contributed by atoms with Gasteiger partial charge in [-0.1, -0.05) is 41.4 Å². The quantitative estimate of drug-likeness (QED) is 0.826. The van der Waals surface area contributed by atoms with Crippen molar-refractivity contribution in [3.05, 3.63) is 63.6 Å². The van der Waals surface area contributed by atoms with Crippen LogP contribution in [0.4, 0.5) is 0 Å². The van der Waals surface area contributed by atoms with Crippen molar-refractivity contribution in [3.63, 3.8) is 0 Å². The van der Waals surface area contributed by atoms with E-state index in [1.165, 1.54) is 4.90 Å². The second kappa shape index (κ2) is 5.98. The summed E-state index contributed by atoms with van der Waals surface area (Å²) in [5.41, 5.74) is 8.24. The van der Waals surface area contributed by atoms with Crippen LogP contribution in [0.3, 0.4) is 0 Å². The van der Waals surface area contributed by atoms with Crippen molar-refractivity contribution < 1.29 is 0 Å². The molecule has 0 saturated heterocycles. The molecular formula is C14H13Cl2NS. The van der Waals surface area contributed by atoms with Crippen LogP contribution >= 0.6 is 35.0 Å². The molecule has 0 spiro atoms. The van der Waals surface area contributed by atoms with Gasteiger partial charge in [-0.3, -0.25) is 0 Å². The van der Waals surface area contributed by atoms with Gasteiger partial charge in [0.05, 0.1) is 16.1 Å². The summed E-state index contributed by atoms with van der Waals surface area (Å²) in [6.45, 7) is 0. The van der Waals surface area contributed by atoms with E-state index in [0.29, 0.717) is 10.0 Å². The average molecular weight is 298 g/mol. The van der Waals surface area contributed by atoms with Gasteiger partial charge in [0, 0.05) is 4.90 Å². The summed E-state index contributed by atoms with van der Waals surface area (Å²) in [6, 6.07) is 13.5. The van der Waals surface area contributed by atoms with Gasteiger partial charge in [-0.05, 0) is 41.6 Å². The van der Waals surface area contributed by atoms with Gasteiger partial charge < -0.3 is 5.73 Å². The minimum atomic E-state index is -0.185. The van der Waals surface area contributed by atoms with Gasteiger partial charge in [-0.2, -0.15) is 0 Å². The predicted octanol–water partition coefficient (Wildman–Crippen LogP) is 4.76. The fourth-order valence-corrected chi connectivity index (χ4v) is 2.42. The molecule has 94 valence electrons. The third-order valence-electron chi connectivity index (χ3n) is 2.78. The average Bonchev–Trinajstić information content (AvgIpc) is 2.41. The molecule has 18 heavy (non-hydrogen) atoms. The van der Waals surface area contributed by atoms with Crippen LogP contribution in [0, 0.1) is 0 Å². The van der Waals surface area contributed by atoms with Crippen LogP contribution in [0.15, 0.2) is 47.4 Å². The number of hydrogen-bond donors (Lipinski definition) is 1. The maximum Gasteiger partial charge on any atom is 0.0595 e. The lowest BCUT2D eigenvalue weighted by atomic mass is 10.00. The number of rotatable bonds is 3. The number of thioether (sulfide) groups is 1. The molecule has 0 fully saturated rings. The van der Waals surface area contributed by atoms with Crippen molar-refractivity contribution in [2.45, 2.75) is 10.9 Å². The summed E-state index contributed by atoms with van der Waals surface area (Å²) < 4.78 is 0. The van der Waals surface area contributed by atoms with Gasteiger partial charge in [0.15, 0.2) is 0 Å².